The third kappa shape index (κ3) is 4.39. The lowest BCUT2D eigenvalue weighted by Gasteiger charge is -2.18. The van der Waals surface area contributed by atoms with Gasteiger partial charge in [-0.25, -0.2) is 4.98 Å². The number of rotatable bonds is 3. The van der Waals surface area contributed by atoms with Gasteiger partial charge in [-0.2, -0.15) is 0 Å². The monoisotopic (exact) mass is 198 g/mol. The Bertz CT molecular complexity index is 260. The molecule has 1 heterocycles. The Labute approximate surface area is 84.4 Å². The fourth-order valence-corrected chi connectivity index (χ4v) is 1.77. The van der Waals surface area contributed by atoms with Crippen molar-refractivity contribution >= 4 is 11.3 Å². The Morgan fingerprint density at radius 3 is 2.62 bits per heavy atom. The van der Waals surface area contributed by atoms with E-state index in [9.17, 15) is 0 Å². The van der Waals surface area contributed by atoms with Gasteiger partial charge < -0.3 is 5.32 Å². The molecule has 0 fully saturated rings. The van der Waals surface area contributed by atoms with E-state index >= 15 is 0 Å². The number of thiazole rings is 1. The van der Waals surface area contributed by atoms with E-state index in [0.717, 1.165) is 18.8 Å². The maximum absolute atomic E-state index is 4.39. The van der Waals surface area contributed by atoms with E-state index in [4.69, 9.17) is 0 Å². The van der Waals surface area contributed by atoms with E-state index in [1.54, 1.807) is 11.3 Å². The molecule has 74 valence electrons. The molecule has 0 aliphatic heterocycles. The van der Waals surface area contributed by atoms with Gasteiger partial charge >= 0.3 is 0 Å². The number of nitrogens with one attached hydrogen (secondary N) is 1. The third-order valence-corrected chi connectivity index (χ3v) is 2.56. The standard InChI is InChI=1S/C10H18N2S/c1-8-6-13-9(12-8)5-11-7-10(2,3)4/h6,11H,5,7H2,1-4H3. The van der Waals surface area contributed by atoms with Crippen LogP contribution in [0.4, 0.5) is 0 Å². The molecule has 1 rings (SSSR count). The van der Waals surface area contributed by atoms with Crippen LogP contribution >= 0.6 is 11.3 Å². The van der Waals surface area contributed by atoms with Crippen molar-refractivity contribution in [2.45, 2.75) is 34.2 Å². The highest BCUT2D eigenvalue weighted by Gasteiger charge is 2.09. The second kappa shape index (κ2) is 4.20. The molecule has 0 radical (unpaired) electrons. The van der Waals surface area contributed by atoms with Gasteiger partial charge in [0, 0.05) is 24.2 Å². The summed E-state index contributed by atoms with van der Waals surface area (Å²) in [4.78, 5) is 4.39. The molecule has 0 amide bonds. The summed E-state index contributed by atoms with van der Waals surface area (Å²) in [5.41, 5.74) is 1.48. The first-order chi connectivity index (χ1) is 5.97. The van der Waals surface area contributed by atoms with Crippen molar-refractivity contribution in [3.63, 3.8) is 0 Å². The first kappa shape index (κ1) is 10.7. The highest BCUT2D eigenvalue weighted by molar-refractivity contribution is 7.09. The van der Waals surface area contributed by atoms with Crippen molar-refractivity contribution < 1.29 is 0 Å². The van der Waals surface area contributed by atoms with E-state index in [0.29, 0.717) is 5.41 Å². The van der Waals surface area contributed by atoms with Gasteiger partial charge in [0.2, 0.25) is 0 Å². The number of aromatic nitrogens is 1. The lowest BCUT2D eigenvalue weighted by molar-refractivity contribution is 0.379. The van der Waals surface area contributed by atoms with Crippen LogP contribution in [0.3, 0.4) is 0 Å². The number of hydrogen-bond acceptors (Lipinski definition) is 3. The van der Waals surface area contributed by atoms with Crippen LogP contribution in [-0.4, -0.2) is 11.5 Å². The van der Waals surface area contributed by atoms with Gasteiger partial charge in [-0.15, -0.1) is 11.3 Å². The van der Waals surface area contributed by atoms with Crippen molar-refractivity contribution in [2.75, 3.05) is 6.54 Å². The second-order valence-corrected chi connectivity index (χ2v) is 5.49. The van der Waals surface area contributed by atoms with Gasteiger partial charge in [-0.1, -0.05) is 20.8 Å². The lowest BCUT2D eigenvalue weighted by atomic mass is 9.97. The first-order valence-corrected chi connectivity index (χ1v) is 5.47. The van der Waals surface area contributed by atoms with E-state index < -0.39 is 0 Å². The molecular formula is C10H18N2S. The summed E-state index contributed by atoms with van der Waals surface area (Å²) < 4.78 is 0. The summed E-state index contributed by atoms with van der Waals surface area (Å²) in [6, 6.07) is 0. The molecule has 2 nitrogen and oxygen atoms in total. The van der Waals surface area contributed by atoms with Gasteiger partial charge in [-0.3, -0.25) is 0 Å². The van der Waals surface area contributed by atoms with E-state index in [2.05, 4.69) is 36.5 Å². The van der Waals surface area contributed by atoms with Crippen LogP contribution in [-0.2, 0) is 6.54 Å². The van der Waals surface area contributed by atoms with Gasteiger partial charge in [0.15, 0.2) is 0 Å². The van der Waals surface area contributed by atoms with Gasteiger partial charge in [0.1, 0.15) is 5.01 Å². The summed E-state index contributed by atoms with van der Waals surface area (Å²) in [6.45, 7) is 10.7. The Hall–Kier alpha value is -0.410. The smallest absolute Gasteiger partial charge is 0.107 e. The van der Waals surface area contributed by atoms with Crippen molar-refractivity contribution in [1.82, 2.24) is 10.3 Å². The summed E-state index contributed by atoms with van der Waals surface area (Å²) in [5, 5.41) is 6.68. The van der Waals surface area contributed by atoms with Gasteiger partial charge in [0.05, 0.1) is 0 Å². The highest BCUT2D eigenvalue weighted by atomic mass is 32.1. The Morgan fingerprint density at radius 2 is 2.15 bits per heavy atom. The molecule has 13 heavy (non-hydrogen) atoms. The molecule has 0 saturated heterocycles. The van der Waals surface area contributed by atoms with E-state index in [1.165, 1.54) is 5.01 Å². The highest BCUT2D eigenvalue weighted by Crippen LogP contribution is 2.12. The molecule has 0 aliphatic rings. The van der Waals surface area contributed by atoms with Crippen LogP contribution in [0.15, 0.2) is 5.38 Å². The summed E-state index contributed by atoms with van der Waals surface area (Å²) in [7, 11) is 0. The van der Waals surface area contributed by atoms with Crippen LogP contribution in [0.25, 0.3) is 0 Å². The molecule has 1 N–H and O–H groups in total. The van der Waals surface area contributed by atoms with Crippen molar-refractivity contribution in [3.8, 4) is 0 Å². The Kier molecular flexibility index (Phi) is 3.45. The average Bonchev–Trinajstić information content (AvgIpc) is 2.33. The van der Waals surface area contributed by atoms with Crippen LogP contribution in [0.2, 0.25) is 0 Å². The molecule has 1 aromatic rings. The van der Waals surface area contributed by atoms with Crippen molar-refractivity contribution in [3.05, 3.63) is 16.1 Å². The van der Waals surface area contributed by atoms with Crippen molar-refractivity contribution in [2.24, 2.45) is 5.41 Å². The molecular weight excluding hydrogens is 180 g/mol. The SMILES string of the molecule is Cc1csc(CNCC(C)(C)C)n1. The molecule has 0 spiro atoms. The number of hydrogen-bond donors (Lipinski definition) is 1. The van der Waals surface area contributed by atoms with Crippen LogP contribution < -0.4 is 5.32 Å². The fourth-order valence-electron chi connectivity index (χ4n) is 1.03. The summed E-state index contributed by atoms with van der Waals surface area (Å²) in [6.07, 6.45) is 0. The quantitative estimate of drug-likeness (QED) is 0.807. The zero-order valence-corrected chi connectivity index (χ0v) is 9.66. The minimum absolute atomic E-state index is 0.353. The van der Waals surface area contributed by atoms with Crippen LogP contribution in [0.1, 0.15) is 31.5 Å². The maximum atomic E-state index is 4.39. The summed E-state index contributed by atoms with van der Waals surface area (Å²) >= 11 is 1.73. The van der Waals surface area contributed by atoms with Crippen molar-refractivity contribution in [1.29, 1.82) is 0 Å². The second-order valence-electron chi connectivity index (χ2n) is 4.55. The predicted octanol–water partition coefficient (Wildman–Crippen LogP) is 2.59. The lowest BCUT2D eigenvalue weighted by Crippen LogP contribution is -2.26. The zero-order chi connectivity index (χ0) is 9.90. The predicted molar refractivity (Wildman–Crippen MR) is 58.0 cm³/mol. The molecule has 0 aliphatic carbocycles. The Balaban J connectivity index is 2.28. The van der Waals surface area contributed by atoms with Gasteiger partial charge in [0.25, 0.3) is 0 Å². The molecule has 1 aromatic heterocycles. The molecule has 0 saturated carbocycles. The largest absolute Gasteiger partial charge is 0.310 e. The molecule has 0 aromatic carbocycles. The average molecular weight is 198 g/mol. The maximum Gasteiger partial charge on any atom is 0.107 e. The number of nitrogens with zero attached hydrogens (tertiary/aromatic N) is 1. The number of aryl methyl sites for hydroxylation is 1. The fraction of sp³-hybridized carbons (Fsp3) is 0.700. The molecule has 0 unspecified atom stereocenters. The zero-order valence-electron chi connectivity index (χ0n) is 8.85. The Morgan fingerprint density at radius 1 is 1.46 bits per heavy atom. The minimum Gasteiger partial charge on any atom is -0.310 e. The van der Waals surface area contributed by atoms with Gasteiger partial charge in [-0.05, 0) is 12.3 Å². The molecule has 3 heteroatoms. The normalized spacial score (nSPS) is 12.0. The topological polar surface area (TPSA) is 24.9 Å². The van der Waals surface area contributed by atoms with Crippen LogP contribution in [0, 0.1) is 12.3 Å². The molecule has 0 bridgehead atoms. The van der Waals surface area contributed by atoms with E-state index in [-0.39, 0.29) is 0 Å². The third-order valence-electron chi connectivity index (χ3n) is 1.60. The summed E-state index contributed by atoms with van der Waals surface area (Å²) in [5.74, 6) is 0. The minimum atomic E-state index is 0.353. The first-order valence-electron chi connectivity index (χ1n) is 4.59. The van der Waals surface area contributed by atoms with E-state index in [1.807, 2.05) is 6.92 Å². The van der Waals surface area contributed by atoms with Crippen LogP contribution in [0.5, 0.6) is 0 Å². The molecule has 0 atom stereocenters.